The van der Waals surface area contributed by atoms with E-state index in [0.29, 0.717) is 18.8 Å². The molecule has 10 heteroatoms. The zero-order valence-electron chi connectivity index (χ0n) is 24.8. The Balaban J connectivity index is 2.06. The molecule has 2 atom stereocenters. The number of hydrogen-bond donors (Lipinski definition) is 1. The Morgan fingerprint density at radius 1 is 0.952 bits per heavy atom. The SMILES string of the molecule is CCOc1ccc(N(CC(=O)N(Cc2cccc(C)c2)[C@@H](CC)C(=O)N[C@H](C)CC)S(=O)(=O)c2ccc(F)cc2)cc1. The number of carbonyl (C=O) groups is 2. The van der Waals surface area contributed by atoms with Crippen LogP contribution in [0.1, 0.15) is 51.7 Å². The summed E-state index contributed by atoms with van der Waals surface area (Å²) in [5, 5.41) is 2.96. The van der Waals surface area contributed by atoms with E-state index >= 15 is 0 Å². The van der Waals surface area contributed by atoms with Gasteiger partial charge in [-0.3, -0.25) is 13.9 Å². The molecule has 0 fully saturated rings. The van der Waals surface area contributed by atoms with E-state index in [2.05, 4.69) is 5.32 Å². The van der Waals surface area contributed by atoms with Crippen molar-refractivity contribution in [3.63, 3.8) is 0 Å². The number of rotatable bonds is 14. The number of nitrogens with zero attached hydrogens (tertiary/aromatic N) is 2. The van der Waals surface area contributed by atoms with Crippen LogP contribution >= 0.6 is 0 Å². The number of anilines is 1. The molecule has 0 spiro atoms. The molecule has 0 heterocycles. The van der Waals surface area contributed by atoms with Gasteiger partial charge >= 0.3 is 0 Å². The van der Waals surface area contributed by atoms with Crippen molar-refractivity contribution < 1.29 is 27.1 Å². The predicted molar refractivity (Wildman–Crippen MR) is 162 cm³/mol. The molecule has 42 heavy (non-hydrogen) atoms. The molecule has 0 aliphatic carbocycles. The average Bonchev–Trinajstić information content (AvgIpc) is 2.96. The molecule has 0 unspecified atom stereocenters. The lowest BCUT2D eigenvalue weighted by Crippen LogP contribution is -2.53. The van der Waals surface area contributed by atoms with Crippen LogP contribution in [0.2, 0.25) is 0 Å². The number of ether oxygens (including phenoxy) is 1. The molecule has 3 aromatic carbocycles. The first kappa shape index (κ1) is 32.6. The van der Waals surface area contributed by atoms with Crippen LogP contribution in [0.15, 0.2) is 77.7 Å². The molecule has 0 aliphatic rings. The van der Waals surface area contributed by atoms with Crippen molar-refractivity contribution >= 4 is 27.5 Å². The Morgan fingerprint density at radius 2 is 1.62 bits per heavy atom. The zero-order valence-corrected chi connectivity index (χ0v) is 25.7. The van der Waals surface area contributed by atoms with Gasteiger partial charge in [0, 0.05) is 12.6 Å². The molecule has 2 amide bonds. The van der Waals surface area contributed by atoms with Crippen molar-refractivity contribution in [2.75, 3.05) is 17.5 Å². The molecule has 226 valence electrons. The summed E-state index contributed by atoms with van der Waals surface area (Å²) in [5.41, 5.74) is 2.03. The van der Waals surface area contributed by atoms with E-state index in [1.807, 2.05) is 58.9 Å². The molecular weight excluding hydrogens is 557 g/mol. The smallest absolute Gasteiger partial charge is 0.264 e. The van der Waals surface area contributed by atoms with Gasteiger partial charge in [-0.15, -0.1) is 0 Å². The lowest BCUT2D eigenvalue weighted by molar-refractivity contribution is -0.140. The topological polar surface area (TPSA) is 96.0 Å². The van der Waals surface area contributed by atoms with Gasteiger partial charge in [0.2, 0.25) is 11.8 Å². The second kappa shape index (κ2) is 14.8. The van der Waals surface area contributed by atoms with Crippen molar-refractivity contribution in [2.24, 2.45) is 0 Å². The summed E-state index contributed by atoms with van der Waals surface area (Å²) in [7, 11) is -4.30. The van der Waals surface area contributed by atoms with Crippen molar-refractivity contribution in [1.29, 1.82) is 0 Å². The summed E-state index contributed by atoms with van der Waals surface area (Å²) in [6.45, 7) is 9.40. The minimum Gasteiger partial charge on any atom is -0.494 e. The van der Waals surface area contributed by atoms with E-state index in [1.165, 1.54) is 4.90 Å². The Morgan fingerprint density at radius 3 is 2.19 bits per heavy atom. The standard InChI is InChI=1S/C32H40FN3O5S/c1-6-24(5)34-32(38)30(7-2)35(21-25-11-9-10-23(4)20-25)31(37)22-36(27-14-16-28(17-15-27)41-8-3)42(39,40)29-18-12-26(33)13-19-29/h9-20,24,30H,6-8,21-22H2,1-5H3,(H,34,38)/t24-,30+/m1/s1. The number of hydrogen-bond acceptors (Lipinski definition) is 5. The van der Waals surface area contributed by atoms with Crippen LogP contribution in [0.5, 0.6) is 5.75 Å². The van der Waals surface area contributed by atoms with Crippen LogP contribution in [-0.2, 0) is 26.2 Å². The van der Waals surface area contributed by atoms with Gasteiger partial charge in [-0.25, -0.2) is 12.8 Å². The lowest BCUT2D eigenvalue weighted by Gasteiger charge is -2.33. The van der Waals surface area contributed by atoms with E-state index in [0.717, 1.165) is 46.1 Å². The molecular formula is C32H40FN3O5S. The molecule has 0 aromatic heterocycles. The van der Waals surface area contributed by atoms with Crippen LogP contribution < -0.4 is 14.4 Å². The fourth-order valence-electron chi connectivity index (χ4n) is 4.51. The monoisotopic (exact) mass is 597 g/mol. The fourth-order valence-corrected chi connectivity index (χ4v) is 5.92. The van der Waals surface area contributed by atoms with Crippen molar-refractivity contribution in [2.45, 2.75) is 71.0 Å². The van der Waals surface area contributed by atoms with Gasteiger partial charge in [-0.2, -0.15) is 0 Å². The van der Waals surface area contributed by atoms with Crippen LogP contribution in [0, 0.1) is 12.7 Å². The van der Waals surface area contributed by atoms with Gasteiger partial charge in [0.05, 0.1) is 17.2 Å². The van der Waals surface area contributed by atoms with Crippen molar-refractivity contribution in [3.8, 4) is 5.75 Å². The highest BCUT2D eigenvalue weighted by atomic mass is 32.2. The Bertz CT molecular complexity index is 1450. The summed E-state index contributed by atoms with van der Waals surface area (Å²) in [6, 6.07) is 17.5. The van der Waals surface area contributed by atoms with Gasteiger partial charge < -0.3 is 15.0 Å². The number of nitrogens with one attached hydrogen (secondary N) is 1. The minimum atomic E-state index is -4.30. The fraction of sp³-hybridized carbons (Fsp3) is 0.375. The van der Waals surface area contributed by atoms with E-state index in [-0.39, 0.29) is 29.1 Å². The van der Waals surface area contributed by atoms with E-state index < -0.39 is 34.3 Å². The van der Waals surface area contributed by atoms with E-state index in [4.69, 9.17) is 4.74 Å². The third-order valence-electron chi connectivity index (χ3n) is 6.94. The Kier molecular flexibility index (Phi) is 11.5. The minimum absolute atomic E-state index is 0.0957. The number of amides is 2. The predicted octanol–water partition coefficient (Wildman–Crippen LogP) is 5.45. The van der Waals surface area contributed by atoms with Gasteiger partial charge in [-0.1, -0.05) is 43.7 Å². The first-order chi connectivity index (χ1) is 20.0. The van der Waals surface area contributed by atoms with Crippen LogP contribution in [0.3, 0.4) is 0 Å². The highest BCUT2D eigenvalue weighted by molar-refractivity contribution is 7.92. The van der Waals surface area contributed by atoms with Crippen LogP contribution in [-0.4, -0.2) is 50.4 Å². The van der Waals surface area contributed by atoms with Crippen molar-refractivity contribution in [1.82, 2.24) is 10.2 Å². The lowest BCUT2D eigenvalue weighted by atomic mass is 10.1. The average molecular weight is 598 g/mol. The Labute approximate surface area is 248 Å². The maximum atomic E-state index is 14.1. The zero-order chi connectivity index (χ0) is 30.9. The number of carbonyl (C=O) groups excluding carboxylic acids is 2. The summed E-state index contributed by atoms with van der Waals surface area (Å²) in [4.78, 5) is 28.8. The maximum absolute atomic E-state index is 14.1. The number of halogens is 1. The number of aryl methyl sites for hydroxylation is 1. The maximum Gasteiger partial charge on any atom is 0.264 e. The highest BCUT2D eigenvalue weighted by Gasteiger charge is 2.34. The second-order valence-corrected chi connectivity index (χ2v) is 12.0. The van der Waals surface area contributed by atoms with Crippen LogP contribution in [0.4, 0.5) is 10.1 Å². The first-order valence-electron chi connectivity index (χ1n) is 14.2. The summed E-state index contributed by atoms with van der Waals surface area (Å²) in [5.74, 6) is -0.898. The summed E-state index contributed by atoms with van der Waals surface area (Å²) >= 11 is 0. The second-order valence-electron chi connectivity index (χ2n) is 10.1. The number of benzene rings is 3. The van der Waals surface area contributed by atoms with Gasteiger partial charge in [0.25, 0.3) is 10.0 Å². The van der Waals surface area contributed by atoms with Gasteiger partial charge in [0.1, 0.15) is 24.2 Å². The molecule has 0 radical (unpaired) electrons. The third-order valence-corrected chi connectivity index (χ3v) is 8.73. The molecule has 3 rings (SSSR count). The molecule has 0 aliphatic heterocycles. The van der Waals surface area contributed by atoms with Gasteiger partial charge in [0.15, 0.2) is 0 Å². The molecule has 0 saturated heterocycles. The molecule has 8 nitrogen and oxygen atoms in total. The van der Waals surface area contributed by atoms with Crippen LogP contribution in [0.25, 0.3) is 0 Å². The molecule has 1 N–H and O–H groups in total. The third kappa shape index (κ3) is 8.31. The first-order valence-corrected chi connectivity index (χ1v) is 15.6. The summed E-state index contributed by atoms with van der Waals surface area (Å²) < 4.78 is 47.9. The Hall–Kier alpha value is -3.92. The normalized spacial score (nSPS) is 12.7. The molecule has 0 saturated carbocycles. The molecule has 3 aromatic rings. The number of sulfonamides is 1. The molecule has 0 bridgehead atoms. The van der Waals surface area contributed by atoms with E-state index in [1.54, 1.807) is 24.3 Å². The quantitative estimate of drug-likeness (QED) is 0.267. The van der Waals surface area contributed by atoms with Crippen molar-refractivity contribution in [3.05, 3.63) is 89.7 Å². The summed E-state index contributed by atoms with van der Waals surface area (Å²) in [6.07, 6.45) is 1.04. The van der Waals surface area contributed by atoms with E-state index in [9.17, 15) is 22.4 Å². The van der Waals surface area contributed by atoms with Gasteiger partial charge in [-0.05, 0) is 87.7 Å². The highest BCUT2D eigenvalue weighted by Crippen LogP contribution is 2.27. The largest absolute Gasteiger partial charge is 0.494 e.